The van der Waals surface area contributed by atoms with Gasteiger partial charge in [0.2, 0.25) is 0 Å². The van der Waals surface area contributed by atoms with Gasteiger partial charge in [0, 0.05) is 6.42 Å². The van der Waals surface area contributed by atoms with Crippen LogP contribution in [0.25, 0.3) is 5.69 Å². The van der Waals surface area contributed by atoms with E-state index in [1.807, 2.05) is 6.07 Å². The number of hydrogen-bond donors (Lipinski definition) is 1. The third-order valence-electron chi connectivity index (χ3n) is 4.03. The second kappa shape index (κ2) is 4.13. The predicted molar refractivity (Wildman–Crippen MR) is 68.7 cm³/mol. The molecule has 4 nitrogen and oxygen atoms in total. The normalized spacial score (nSPS) is 21.2. The summed E-state index contributed by atoms with van der Waals surface area (Å²) in [6.07, 6.45) is 3.93. The summed E-state index contributed by atoms with van der Waals surface area (Å²) in [4.78, 5) is 0. The SMILES string of the molecule is Fc1ccc2c(c1)CCc1nnc([C@@H]3CCCN3)n1-2. The van der Waals surface area contributed by atoms with Crippen LogP contribution in [0.3, 0.4) is 0 Å². The Kier molecular flexibility index (Phi) is 2.41. The van der Waals surface area contributed by atoms with Crippen molar-refractivity contribution >= 4 is 0 Å². The van der Waals surface area contributed by atoms with E-state index in [0.29, 0.717) is 0 Å². The van der Waals surface area contributed by atoms with Gasteiger partial charge in [-0.2, -0.15) is 0 Å². The molecule has 0 amide bonds. The van der Waals surface area contributed by atoms with Gasteiger partial charge in [0.1, 0.15) is 11.6 Å². The highest BCUT2D eigenvalue weighted by Crippen LogP contribution is 2.30. The van der Waals surface area contributed by atoms with Crippen molar-refractivity contribution in [3.8, 4) is 5.69 Å². The van der Waals surface area contributed by atoms with Crippen molar-refractivity contribution in [1.82, 2.24) is 20.1 Å². The average molecular weight is 258 g/mol. The average Bonchev–Trinajstić information content (AvgIpc) is 3.06. The zero-order valence-corrected chi connectivity index (χ0v) is 10.6. The molecule has 1 N–H and O–H groups in total. The molecule has 0 saturated carbocycles. The molecule has 0 spiro atoms. The maximum absolute atomic E-state index is 13.3. The monoisotopic (exact) mass is 258 g/mol. The first-order valence-electron chi connectivity index (χ1n) is 6.79. The Morgan fingerprint density at radius 1 is 1.26 bits per heavy atom. The molecule has 1 saturated heterocycles. The number of rotatable bonds is 1. The van der Waals surface area contributed by atoms with E-state index in [1.165, 1.54) is 12.5 Å². The first-order valence-corrected chi connectivity index (χ1v) is 6.79. The van der Waals surface area contributed by atoms with E-state index in [4.69, 9.17) is 0 Å². The number of benzene rings is 1. The molecule has 3 heterocycles. The minimum Gasteiger partial charge on any atom is -0.307 e. The van der Waals surface area contributed by atoms with Gasteiger partial charge in [-0.1, -0.05) is 0 Å². The highest BCUT2D eigenvalue weighted by atomic mass is 19.1. The molecule has 5 heteroatoms. The van der Waals surface area contributed by atoms with Crippen molar-refractivity contribution in [2.75, 3.05) is 6.54 Å². The van der Waals surface area contributed by atoms with Crippen LogP contribution in [0, 0.1) is 5.82 Å². The highest BCUT2D eigenvalue weighted by Gasteiger charge is 2.27. The number of fused-ring (bicyclic) bond motifs is 3. The fourth-order valence-corrected chi connectivity index (χ4v) is 3.10. The molecule has 98 valence electrons. The topological polar surface area (TPSA) is 42.7 Å². The van der Waals surface area contributed by atoms with Crippen LogP contribution >= 0.6 is 0 Å². The molecule has 2 aromatic rings. The number of aryl methyl sites for hydroxylation is 2. The van der Waals surface area contributed by atoms with Crippen LogP contribution in [0.4, 0.5) is 4.39 Å². The lowest BCUT2D eigenvalue weighted by molar-refractivity contribution is 0.583. The molecule has 0 bridgehead atoms. The zero-order valence-electron chi connectivity index (χ0n) is 10.6. The van der Waals surface area contributed by atoms with Gasteiger partial charge in [-0.05, 0) is 49.6 Å². The van der Waals surface area contributed by atoms with Gasteiger partial charge >= 0.3 is 0 Å². The number of hydrogen-bond acceptors (Lipinski definition) is 3. The molecule has 0 aliphatic carbocycles. The van der Waals surface area contributed by atoms with Crippen LogP contribution in [0.2, 0.25) is 0 Å². The van der Waals surface area contributed by atoms with Crippen LogP contribution < -0.4 is 5.32 Å². The van der Waals surface area contributed by atoms with E-state index in [2.05, 4.69) is 20.1 Å². The molecular formula is C14H15FN4. The molecule has 2 aliphatic heterocycles. The lowest BCUT2D eigenvalue weighted by Crippen LogP contribution is -2.21. The molecule has 1 aromatic heterocycles. The fourth-order valence-electron chi connectivity index (χ4n) is 3.10. The zero-order chi connectivity index (χ0) is 12.8. The lowest BCUT2D eigenvalue weighted by atomic mass is 10.0. The largest absolute Gasteiger partial charge is 0.307 e. The number of aromatic nitrogens is 3. The van der Waals surface area contributed by atoms with E-state index in [-0.39, 0.29) is 11.9 Å². The summed E-state index contributed by atoms with van der Waals surface area (Å²) in [5.41, 5.74) is 2.09. The Hall–Kier alpha value is -1.75. The third-order valence-corrected chi connectivity index (χ3v) is 4.03. The first-order chi connectivity index (χ1) is 9.33. The maximum Gasteiger partial charge on any atom is 0.154 e. The number of nitrogens with zero attached hydrogens (tertiary/aromatic N) is 3. The van der Waals surface area contributed by atoms with Gasteiger partial charge in [0.25, 0.3) is 0 Å². The summed E-state index contributed by atoms with van der Waals surface area (Å²) in [5.74, 6) is 1.79. The van der Waals surface area contributed by atoms with E-state index >= 15 is 0 Å². The Bertz CT molecular complexity index is 628. The molecule has 4 rings (SSSR count). The summed E-state index contributed by atoms with van der Waals surface area (Å²) in [6.45, 7) is 1.03. The second-order valence-electron chi connectivity index (χ2n) is 5.23. The van der Waals surface area contributed by atoms with Crippen molar-refractivity contribution in [2.24, 2.45) is 0 Å². The van der Waals surface area contributed by atoms with Gasteiger partial charge in [-0.3, -0.25) is 4.57 Å². The number of halogens is 1. The Labute approximate surface area is 110 Å². The number of nitrogens with one attached hydrogen (secondary N) is 1. The van der Waals surface area contributed by atoms with Gasteiger partial charge in [-0.15, -0.1) is 10.2 Å². The molecule has 1 fully saturated rings. The van der Waals surface area contributed by atoms with Crippen LogP contribution in [-0.4, -0.2) is 21.3 Å². The molecule has 2 aliphatic rings. The highest BCUT2D eigenvalue weighted by molar-refractivity contribution is 5.46. The molecule has 19 heavy (non-hydrogen) atoms. The maximum atomic E-state index is 13.3. The third kappa shape index (κ3) is 1.69. The van der Waals surface area contributed by atoms with Gasteiger partial charge in [-0.25, -0.2) is 4.39 Å². The van der Waals surface area contributed by atoms with Crippen LogP contribution in [0.1, 0.15) is 36.1 Å². The van der Waals surface area contributed by atoms with Crippen LogP contribution in [0.15, 0.2) is 18.2 Å². The summed E-state index contributed by atoms with van der Waals surface area (Å²) in [5, 5.41) is 12.1. The van der Waals surface area contributed by atoms with Crippen molar-refractivity contribution in [3.05, 3.63) is 41.2 Å². The molecular weight excluding hydrogens is 243 g/mol. The standard InChI is InChI=1S/C14H15FN4/c15-10-4-5-12-9(8-10)3-6-13-17-18-14(19(12)13)11-2-1-7-16-11/h4-5,8,11,16H,1-3,6-7H2/t11-/m0/s1. The van der Waals surface area contributed by atoms with Gasteiger partial charge in [0.15, 0.2) is 5.82 Å². The summed E-state index contributed by atoms with van der Waals surface area (Å²) in [7, 11) is 0. The smallest absolute Gasteiger partial charge is 0.154 e. The second-order valence-corrected chi connectivity index (χ2v) is 5.23. The molecule has 1 aromatic carbocycles. The summed E-state index contributed by atoms with van der Waals surface area (Å²) >= 11 is 0. The Balaban J connectivity index is 1.87. The molecule has 0 unspecified atom stereocenters. The fraction of sp³-hybridized carbons (Fsp3) is 0.429. The first kappa shape index (κ1) is 11.1. The molecule has 0 radical (unpaired) electrons. The predicted octanol–water partition coefficient (Wildman–Crippen LogP) is 1.93. The minimum atomic E-state index is -0.171. The van der Waals surface area contributed by atoms with Gasteiger partial charge in [0.05, 0.1) is 11.7 Å². The quantitative estimate of drug-likeness (QED) is 0.850. The van der Waals surface area contributed by atoms with E-state index < -0.39 is 0 Å². The summed E-state index contributed by atoms with van der Waals surface area (Å²) < 4.78 is 15.5. The van der Waals surface area contributed by atoms with E-state index in [0.717, 1.165) is 48.7 Å². The summed E-state index contributed by atoms with van der Waals surface area (Å²) in [6, 6.07) is 5.26. The van der Waals surface area contributed by atoms with Crippen molar-refractivity contribution < 1.29 is 4.39 Å². The minimum absolute atomic E-state index is 0.171. The Morgan fingerprint density at radius 2 is 2.21 bits per heavy atom. The van der Waals surface area contributed by atoms with E-state index in [9.17, 15) is 4.39 Å². The van der Waals surface area contributed by atoms with Crippen LogP contribution in [0.5, 0.6) is 0 Å². The van der Waals surface area contributed by atoms with E-state index in [1.54, 1.807) is 6.07 Å². The van der Waals surface area contributed by atoms with Crippen molar-refractivity contribution in [3.63, 3.8) is 0 Å². The van der Waals surface area contributed by atoms with Crippen molar-refractivity contribution in [1.29, 1.82) is 0 Å². The Morgan fingerprint density at radius 3 is 3.05 bits per heavy atom. The van der Waals surface area contributed by atoms with Crippen LogP contribution in [-0.2, 0) is 12.8 Å². The van der Waals surface area contributed by atoms with Gasteiger partial charge < -0.3 is 5.32 Å². The van der Waals surface area contributed by atoms with Crippen molar-refractivity contribution in [2.45, 2.75) is 31.7 Å². The lowest BCUT2D eigenvalue weighted by Gasteiger charge is -2.21. The molecule has 1 atom stereocenters.